The van der Waals surface area contributed by atoms with E-state index in [0.717, 1.165) is 24.2 Å². The number of hydrogen-bond donors (Lipinski definition) is 0. The van der Waals surface area contributed by atoms with Crippen molar-refractivity contribution in [1.29, 1.82) is 0 Å². The van der Waals surface area contributed by atoms with Crippen LogP contribution in [0.4, 0.5) is 0 Å². The van der Waals surface area contributed by atoms with E-state index >= 15 is 0 Å². The van der Waals surface area contributed by atoms with E-state index in [9.17, 15) is 4.79 Å². The largest absolute Gasteiger partial charge is 0.462 e. The molecule has 0 saturated heterocycles. The summed E-state index contributed by atoms with van der Waals surface area (Å²) in [5.41, 5.74) is 2.70. The second-order valence-electron chi connectivity index (χ2n) is 16.1. The van der Waals surface area contributed by atoms with Crippen LogP contribution in [0.15, 0.2) is 0 Å². The third-order valence-corrected chi connectivity index (χ3v) is 14.2. The summed E-state index contributed by atoms with van der Waals surface area (Å²) in [6, 6.07) is 0. The van der Waals surface area contributed by atoms with Gasteiger partial charge in [-0.2, -0.15) is 0 Å². The minimum absolute atomic E-state index is 0.0968. The Kier molecular flexibility index (Phi) is 5.55. The van der Waals surface area contributed by atoms with Gasteiger partial charge >= 0.3 is 5.97 Å². The van der Waals surface area contributed by atoms with E-state index < -0.39 is 0 Å². The van der Waals surface area contributed by atoms with E-state index in [1.807, 2.05) is 0 Å². The highest BCUT2D eigenvalue weighted by molar-refractivity contribution is 5.66. The summed E-state index contributed by atoms with van der Waals surface area (Å²) in [6.45, 7) is 22.5. The highest BCUT2D eigenvalue weighted by atomic mass is 16.5. The summed E-state index contributed by atoms with van der Waals surface area (Å²) in [4.78, 5) is 11.8. The van der Waals surface area contributed by atoms with Gasteiger partial charge in [0.1, 0.15) is 6.10 Å². The molecule has 0 aromatic rings. The Morgan fingerprint density at radius 2 is 1.29 bits per heavy atom. The van der Waals surface area contributed by atoms with Gasteiger partial charge in [0.2, 0.25) is 0 Å². The van der Waals surface area contributed by atoms with E-state index in [4.69, 9.17) is 4.74 Å². The van der Waals surface area contributed by atoms with Crippen molar-refractivity contribution in [1.82, 2.24) is 0 Å². The maximum Gasteiger partial charge on any atom is 0.302 e. The quantitative estimate of drug-likeness (QED) is 0.358. The van der Waals surface area contributed by atoms with Crippen LogP contribution in [0.2, 0.25) is 0 Å². The molecule has 2 heteroatoms. The number of rotatable bonds is 1. The Labute approximate surface area is 210 Å². The molecular weight excluding hydrogens is 416 g/mol. The zero-order valence-electron chi connectivity index (χ0n) is 24.0. The van der Waals surface area contributed by atoms with E-state index in [1.165, 1.54) is 64.2 Å². The van der Waals surface area contributed by atoms with Crippen molar-refractivity contribution in [3.63, 3.8) is 0 Å². The summed E-state index contributed by atoms with van der Waals surface area (Å²) >= 11 is 0. The molecule has 0 heterocycles. The van der Waals surface area contributed by atoms with Crippen LogP contribution in [-0.2, 0) is 9.53 Å². The summed E-state index contributed by atoms with van der Waals surface area (Å²) in [7, 11) is 0. The summed E-state index contributed by atoms with van der Waals surface area (Å²) in [5.74, 6) is 2.84. The number of hydrogen-bond acceptors (Lipinski definition) is 2. The molecule has 5 aliphatic rings. The standard InChI is InChI=1S/C32H54O2/c1-21-23(34-22(2)33)10-11-24-29(21,6)13-12-25-30(24,7)17-19-32(9)26-20-27(3,4)14-15-28(26,5)16-18-31(25,32)8/h21,23-26H,10-20H2,1-9H3/t21-,23+,24-,25-,26+,28-,29-,30-,31-,32+/m1/s1. The van der Waals surface area contributed by atoms with Gasteiger partial charge in [-0.05, 0) is 127 Å². The van der Waals surface area contributed by atoms with Crippen LogP contribution < -0.4 is 0 Å². The summed E-state index contributed by atoms with van der Waals surface area (Å²) in [6.07, 6.45) is 15.1. The first kappa shape index (κ1) is 25.1. The molecule has 0 bridgehead atoms. The topological polar surface area (TPSA) is 26.3 Å². The van der Waals surface area contributed by atoms with E-state index in [1.54, 1.807) is 6.92 Å². The smallest absolute Gasteiger partial charge is 0.302 e. The molecule has 0 amide bonds. The second kappa shape index (κ2) is 7.50. The number of esters is 1. The lowest BCUT2D eigenvalue weighted by atomic mass is 9.30. The monoisotopic (exact) mass is 470 g/mol. The Morgan fingerprint density at radius 3 is 1.97 bits per heavy atom. The van der Waals surface area contributed by atoms with Gasteiger partial charge in [0.05, 0.1) is 0 Å². The molecule has 10 atom stereocenters. The molecule has 0 aromatic heterocycles. The molecule has 34 heavy (non-hydrogen) atoms. The minimum Gasteiger partial charge on any atom is -0.462 e. The normalized spacial score (nSPS) is 56.3. The Balaban J connectivity index is 1.49. The van der Waals surface area contributed by atoms with Crippen molar-refractivity contribution in [2.24, 2.45) is 56.2 Å². The lowest BCUT2D eigenvalue weighted by Crippen LogP contribution is -2.68. The van der Waals surface area contributed by atoms with Crippen LogP contribution in [0.5, 0.6) is 0 Å². The molecule has 5 fully saturated rings. The van der Waals surface area contributed by atoms with Crippen LogP contribution >= 0.6 is 0 Å². The molecule has 0 spiro atoms. The predicted molar refractivity (Wildman–Crippen MR) is 140 cm³/mol. The number of ether oxygens (including phenoxy) is 1. The van der Waals surface area contributed by atoms with Crippen LogP contribution in [-0.4, -0.2) is 12.1 Å². The number of carbonyl (C=O) groups excluding carboxylic acids is 1. The first-order valence-electron chi connectivity index (χ1n) is 14.8. The third-order valence-electron chi connectivity index (χ3n) is 14.2. The number of fused-ring (bicyclic) bond motifs is 7. The van der Waals surface area contributed by atoms with Gasteiger partial charge in [-0.3, -0.25) is 4.79 Å². The first-order valence-corrected chi connectivity index (χ1v) is 14.8. The van der Waals surface area contributed by atoms with Gasteiger partial charge in [-0.25, -0.2) is 0 Å². The molecule has 5 rings (SSSR count). The molecule has 0 aromatic carbocycles. The van der Waals surface area contributed by atoms with Gasteiger partial charge in [0.15, 0.2) is 0 Å². The van der Waals surface area contributed by atoms with Crippen LogP contribution in [0, 0.1) is 56.2 Å². The van der Waals surface area contributed by atoms with Crippen molar-refractivity contribution in [2.75, 3.05) is 0 Å². The highest BCUT2D eigenvalue weighted by Crippen LogP contribution is 2.78. The van der Waals surface area contributed by atoms with Crippen molar-refractivity contribution in [2.45, 2.75) is 139 Å². The molecule has 0 N–H and O–H groups in total. The van der Waals surface area contributed by atoms with Crippen molar-refractivity contribution >= 4 is 5.97 Å². The van der Waals surface area contributed by atoms with Gasteiger partial charge in [-0.1, -0.05) is 55.4 Å². The lowest BCUT2D eigenvalue weighted by molar-refractivity contribution is -0.263. The summed E-state index contributed by atoms with van der Waals surface area (Å²) < 4.78 is 5.86. The second-order valence-corrected chi connectivity index (χ2v) is 16.1. The van der Waals surface area contributed by atoms with E-state index in [0.29, 0.717) is 38.4 Å². The molecule has 0 unspecified atom stereocenters. The molecule has 5 aliphatic carbocycles. The number of carbonyl (C=O) groups is 1. The molecule has 2 nitrogen and oxygen atoms in total. The fraction of sp³-hybridized carbons (Fsp3) is 0.969. The fourth-order valence-corrected chi connectivity index (χ4v) is 11.7. The Hall–Kier alpha value is -0.530. The maximum atomic E-state index is 11.8. The highest BCUT2D eigenvalue weighted by Gasteiger charge is 2.70. The third kappa shape index (κ3) is 3.21. The zero-order valence-corrected chi connectivity index (χ0v) is 24.0. The SMILES string of the molecule is CC(=O)O[C@H]1CC[C@@H]2[C@](C)(CC[C@@H]3[C@]2(C)CC[C@@]2(C)[C@H]4CC(C)(C)CC[C@]4(C)CC[C@]32C)[C@@H]1C. The fourth-order valence-electron chi connectivity index (χ4n) is 11.7. The summed E-state index contributed by atoms with van der Waals surface area (Å²) in [5, 5.41) is 0. The van der Waals surface area contributed by atoms with Crippen LogP contribution in [0.1, 0.15) is 133 Å². The Bertz CT molecular complexity index is 846. The van der Waals surface area contributed by atoms with Crippen molar-refractivity contribution in [3.8, 4) is 0 Å². The molecular formula is C32H54O2. The van der Waals surface area contributed by atoms with Crippen molar-refractivity contribution < 1.29 is 9.53 Å². The lowest BCUT2D eigenvalue weighted by Gasteiger charge is -2.75. The molecule has 5 saturated carbocycles. The average Bonchev–Trinajstić information content (AvgIpc) is 2.74. The van der Waals surface area contributed by atoms with E-state index in [-0.39, 0.29) is 12.1 Å². The van der Waals surface area contributed by atoms with Crippen molar-refractivity contribution in [3.05, 3.63) is 0 Å². The van der Waals surface area contributed by atoms with Gasteiger partial charge in [-0.15, -0.1) is 0 Å². The van der Waals surface area contributed by atoms with Crippen LogP contribution in [0.25, 0.3) is 0 Å². The minimum atomic E-state index is -0.0968. The Morgan fingerprint density at radius 1 is 0.676 bits per heavy atom. The zero-order chi connectivity index (χ0) is 24.9. The van der Waals surface area contributed by atoms with Gasteiger partial charge < -0.3 is 4.74 Å². The molecule has 0 radical (unpaired) electrons. The first-order chi connectivity index (χ1) is 15.6. The van der Waals surface area contributed by atoms with Crippen LogP contribution in [0.3, 0.4) is 0 Å². The van der Waals surface area contributed by atoms with Gasteiger partial charge in [0.25, 0.3) is 0 Å². The average molecular weight is 471 g/mol. The molecule has 0 aliphatic heterocycles. The predicted octanol–water partition coefficient (Wildman–Crippen LogP) is 8.82. The van der Waals surface area contributed by atoms with Gasteiger partial charge in [0, 0.05) is 6.92 Å². The molecule has 194 valence electrons. The maximum absolute atomic E-state index is 11.8. The van der Waals surface area contributed by atoms with E-state index in [2.05, 4.69) is 55.4 Å².